The van der Waals surface area contributed by atoms with Gasteiger partial charge in [-0.25, -0.2) is 4.39 Å². The normalized spacial score (nSPS) is 24.6. The second-order valence-corrected chi connectivity index (χ2v) is 6.58. The number of Topliss-reactive ketones (excluding diaryl/α,β-unsaturated/α-hetero) is 1. The first-order chi connectivity index (χ1) is 15.1. The van der Waals surface area contributed by atoms with Gasteiger partial charge in [0.2, 0.25) is 0 Å². The van der Waals surface area contributed by atoms with Crippen molar-refractivity contribution < 1.29 is 32.0 Å². The maximum Gasteiger partial charge on any atom is 0.251 e. The number of hydrogen-bond acceptors (Lipinski definition) is 4. The summed E-state index contributed by atoms with van der Waals surface area (Å²) in [5.41, 5.74) is -3.06. The molecular weight excluding hydrogens is 373 g/mol. The molecule has 2 N–H and O–H groups in total. The fraction of sp³-hybridized carbons (Fsp3) is 0.300. The highest BCUT2D eigenvalue weighted by Crippen LogP contribution is 2.40. The van der Waals surface area contributed by atoms with Crippen molar-refractivity contribution in [3.8, 4) is 5.75 Å². The van der Waals surface area contributed by atoms with Crippen molar-refractivity contribution in [3.63, 3.8) is 0 Å². The zero-order valence-corrected chi connectivity index (χ0v) is 14.8. The molecule has 0 aromatic heterocycles. The number of carbonyl (C=O) groups is 2. The van der Waals surface area contributed by atoms with Crippen LogP contribution >= 0.6 is 11.6 Å². The zero-order chi connectivity index (χ0) is 24.9. The third-order valence-electron chi connectivity index (χ3n) is 4.22. The van der Waals surface area contributed by atoms with Gasteiger partial charge in [0.15, 0.2) is 5.78 Å². The lowest BCUT2D eigenvalue weighted by atomic mass is 9.85. The van der Waals surface area contributed by atoms with Crippen LogP contribution in [-0.4, -0.2) is 28.5 Å². The van der Waals surface area contributed by atoms with Crippen LogP contribution in [0.1, 0.15) is 61.2 Å². The Hall–Kier alpha value is -2.44. The van der Waals surface area contributed by atoms with Gasteiger partial charge >= 0.3 is 0 Å². The first-order valence-corrected chi connectivity index (χ1v) is 8.26. The number of ether oxygens (including phenoxy) is 1. The van der Waals surface area contributed by atoms with Crippen LogP contribution in [0.25, 0.3) is 0 Å². The van der Waals surface area contributed by atoms with Crippen LogP contribution in [0.15, 0.2) is 36.4 Å². The molecule has 27 heavy (non-hydrogen) atoms. The molecule has 0 unspecified atom stereocenters. The van der Waals surface area contributed by atoms with Gasteiger partial charge in [-0.15, -0.1) is 0 Å². The van der Waals surface area contributed by atoms with E-state index in [1.807, 2.05) is 0 Å². The van der Waals surface area contributed by atoms with Crippen LogP contribution in [0.5, 0.6) is 5.75 Å². The lowest BCUT2D eigenvalue weighted by molar-refractivity contribution is -0.0627. The Morgan fingerprint density at radius 3 is 2.59 bits per heavy atom. The van der Waals surface area contributed by atoms with E-state index in [1.165, 1.54) is 25.1 Å². The highest BCUT2D eigenvalue weighted by Gasteiger charge is 2.43. The van der Waals surface area contributed by atoms with Crippen molar-refractivity contribution >= 4 is 23.3 Å². The van der Waals surface area contributed by atoms with Gasteiger partial charge in [0, 0.05) is 24.9 Å². The largest absolute Gasteiger partial charge is 0.485 e. The number of aliphatic hydroxyl groups is 1. The molecule has 3 rings (SSSR count). The fourth-order valence-corrected chi connectivity index (χ4v) is 2.94. The minimum absolute atomic E-state index is 0.000818. The van der Waals surface area contributed by atoms with Crippen LogP contribution in [0.4, 0.5) is 4.39 Å². The number of benzene rings is 2. The number of aliphatic hydroxyl groups excluding tert-OH is 1. The van der Waals surface area contributed by atoms with Crippen LogP contribution in [0.2, 0.25) is 5.02 Å². The van der Waals surface area contributed by atoms with E-state index >= 15 is 0 Å². The molecule has 5 nitrogen and oxygen atoms in total. The maximum absolute atomic E-state index is 13.5. The lowest BCUT2D eigenvalue weighted by Gasteiger charge is -2.42. The van der Waals surface area contributed by atoms with Gasteiger partial charge in [0.1, 0.15) is 23.3 Å². The van der Waals surface area contributed by atoms with Crippen molar-refractivity contribution in [2.45, 2.75) is 38.4 Å². The van der Waals surface area contributed by atoms with Gasteiger partial charge < -0.3 is 15.2 Å². The summed E-state index contributed by atoms with van der Waals surface area (Å²) in [6.45, 7) is -5.43. The Kier molecular flexibility index (Phi) is 3.31. The summed E-state index contributed by atoms with van der Waals surface area (Å²) in [5, 5.41) is 13.1. The molecule has 1 heterocycles. The standard InChI is InChI=1S/C20H19ClFNO4/c1-10(24)11-5-7-16-13(8-11)17(18(25)20(2,3)27-16)23-19(26)12-4-6-15(22)14(21)9-12/h4-9,17-18,25H,1-3H3,(H,23,26)/t17-,18-/m1/s1/i2D3,3D3. The van der Waals surface area contributed by atoms with E-state index in [2.05, 4.69) is 5.32 Å². The highest BCUT2D eigenvalue weighted by atomic mass is 35.5. The molecule has 0 fully saturated rings. The van der Waals surface area contributed by atoms with E-state index in [0.717, 1.165) is 18.2 Å². The summed E-state index contributed by atoms with van der Waals surface area (Å²) in [6, 6.07) is 5.24. The molecule has 0 spiro atoms. The Bertz CT molecular complexity index is 1110. The Morgan fingerprint density at radius 1 is 1.26 bits per heavy atom. The Labute approximate surface area is 169 Å². The quantitative estimate of drug-likeness (QED) is 0.774. The molecule has 0 bridgehead atoms. The molecule has 1 amide bonds. The molecule has 0 aliphatic carbocycles. The molecule has 7 heteroatoms. The molecule has 2 aromatic carbocycles. The molecule has 1 aliphatic heterocycles. The number of nitrogens with one attached hydrogen (secondary N) is 1. The van der Waals surface area contributed by atoms with Crippen molar-refractivity contribution in [2.75, 3.05) is 0 Å². The lowest BCUT2D eigenvalue weighted by Crippen LogP contribution is -2.53. The molecule has 0 radical (unpaired) electrons. The van der Waals surface area contributed by atoms with Gasteiger partial charge in [0.25, 0.3) is 5.91 Å². The fourth-order valence-electron chi connectivity index (χ4n) is 2.76. The second kappa shape index (κ2) is 6.94. The average molecular weight is 398 g/mol. The van der Waals surface area contributed by atoms with Crippen molar-refractivity contribution in [2.24, 2.45) is 0 Å². The predicted octanol–water partition coefficient (Wildman–Crippen LogP) is 3.68. The van der Waals surface area contributed by atoms with Crippen LogP contribution in [0.3, 0.4) is 0 Å². The SMILES string of the molecule is [2H]C([2H])([2H])C1(C([2H])([2H])[2H])Oc2ccc(C(C)=O)cc2[C@@H](NC(=O)c2ccc(F)c(Cl)c2)[C@H]1O. The highest BCUT2D eigenvalue weighted by molar-refractivity contribution is 6.31. The molecule has 142 valence electrons. The van der Waals surface area contributed by atoms with Crippen LogP contribution in [-0.2, 0) is 0 Å². The van der Waals surface area contributed by atoms with E-state index in [4.69, 9.17) is 24.6 Å². The minimum atomic E-state index is -3.35. The number of rotatable bonds is 3. The average Bonchev–Trinajstić information content (AvgIpc) is 2.69. The van der Waals surface area contributed by atoms with E-state index in [1.54, 1.807) is 0 Å². The van der Waals surface area contributed by atoms with Gasteiger partial charge in [0.05, 0.1) is 11.1 Å². The summed E-state index contributed by atoms with van der Waals surface area (Å²) in [5.74, 6) is -2.28. The number of amides is 1. The summed E-state index contributed by atoms with van der Waals surface area (Å²) in [7, 11) is 0. The van der Waals surface area contributed by atoms with E-state index in [9.17, 15) is 19.1 Å². The zero-order valence-electron chi connectivity index (χ0n) is 20.0. The number of hydrogen-bond donors (Lipinski definition) is 2. The summed E-state index contributed by atoms with van der Waals surface area (Å²) < 4.78 is 66.1. The molecule has 0 saturated heterocycles. The van der Waals surface area contributed by atoms with Crippen LogP contribution in [0, 0.1) is 5.82 Å². The van der Waals surface area contributed by atoms with Crippen molar-refractivity contribution in [1.82, 2.24) is 5.32 Å². The van der Waals surface area contributed by atoms with E-state index in [-0.39, 0.29) is 33.2 Å². The summed E-state index contributed by atoms with van der Waals surface area (Å²) in [6.07, 6.45) is -2.29. The van der Waals surface area contributed by atoms with Crippen molar-refractivity contribution in [3.05, 3.63) is 63.9 Å². The van der Waals surface area contributed by atoms with Crippen LogP contribution < -0.4 is 10.1 Å². The first-order valence-electron chi connectivity index (χ1n) is 10.9. The van der Waals surface area contributed by atoms with E-state index in [0.29, 0.717) is 0 Å². The molecule has 2 atom stereocenters. The third kappa shape index (κ3) is 3.68. The van der Waals surface area contributed by atoms with E-state index < -0.39 is 43.2 Å². The van der Waals surface area contributed by atoms with Gasteiger partial charge in [-0.05, 0) is 57.0 Å². The Morgan fingerprint density at radius 2 is 1.96 bits per heavy atom. The monoisotopic (exact) mass is 397 g/mol. The topological polar surface area (TPSA) is 75.6 Å². The van der Waals surface area contributed by atoms with Gasteiger partial charge in [-0.3, -0.25) is 9.59 Å². The maximum atomic E-state index is 13.5. The second-order valence-electron chi connectivity index (χ2n) is 6.17. The molecule has 0 saturated carbocycles. The van der Waals surface area contributed by atoms with Gasteiger partial charge in [-0.1, -0.05) is 11.6 Å². The van der Waals surface area contributed by atoms with Gasteiger partial charge in [-0.2, -0.15) is 0 Å². The first kappa shape index (κ1) is 12.9. The van der Waals surface area contributed by atoms with Crippen molar-refractivity contribution in [1.29, 1.82) is 0 Å². The smallest absolute Gasteiger partial charge is 0.251 e. The Balaban J connectivity index is 2.18. The molecule has 1 aliphatic rings. The summed E-state index contributed by atoms with van der Waals surface area (Å²) in [4.78, 5) is 24.7. The third-order valence-corrected chi connectivity index (χ3v) is 4.51. The number of halogens is 2. The summed E-state index contributed by atoms with van der Waals surface area (Å²) >= 11 is 5.72. The minimum Gasteiger partial charge on any atom is -0.485 e. The molecule has 2 aromatic rings. The number of ketones is 1. The predicted molar refractivity (Wildman–Crippen MR) is 98.8 cm³/mol. The number of fused-ring (bicyclic) bond motifs is 1. The number of carbonyl (C=O) groups excluding carboxylic acids is 2. The molecular formula is C20H19ClFNO4.